The highest BCUT2D eigenvalue weighted by Gasteiger charge is 2.36. The first-order valence-corrected chi connectivity index (χ1v) is 4.14. The number of amides is 2. The summed E-state index contributed by atoms with van der Waals surface area (Å²) in [4.78, 5) is 23.7. The number of hydrogen-bond acceptors (Lipinski definition) is 2. The molecule has 1 atom stereocenters. The lowest BCUT2D eigenvalue weighted by atomic mass is 10.00. The van der Waals surface area contributed by atoms with E-state index in [0.717, 1.165) is 0 Å². The van der Waals surface area contributed by atoms with Gasteiger partial charge in [0.25, 0.3) is 0 Å². The Kier molecular flexibility index (Phi) is 2.35. The Bertz CT molecular complexity index is 213. The van der Waals surface area contributed by atoms with Crippen LogP contribution in [-0.2, 0) is 9.59 Å². The fourth-order valence-electron chi connectivity index (χ4n) is 1.28. The molecule has 2 N–H and O–H groups in total. The van der Waals surface area contributed by atoms with Crippen LogP contribution >= 0.6 is 0 Å². The number of hydrogen-bond donors (Lipinski definition) is 1. The Morgan fingerprint density at radius 2 is 2.08 bits per heavy atom. The molecular weight excluding hydrogens is 156 g/mol. The quantitative estimate of drug-likeness (QED) is 0.620. The maximum absolute atomic E-state index is 11.4. The van der Waals surface area contributed by atoms with Crippen molar-refractivity contribution >= 4 is 11.8 Å². The van der Waals surface area contributed by atoms with Gasteiger partial charge in [0.1, 0.15) is 6.04 Å². The van der Waals surface area contributed by atoms with Crippen molar-refractivity contribution in [2.24, 2.45) is 11.7 Å². The predicted octanol–water partition coefficient (Wildman–Crippen LogP) is -0.271. The number of likely N-dealkylation sites (tertiary alicyclic amines) is 1. The van der Waals surface area contributed by atoms with Gasteiger partial charge in [0.05, 0.1) is 0 Å². The Hall–Kier alpha value is -1.06. The van der Waals surface area contributed by atoms with Crippen LogP contribution in [0.3, 0.4) is 0 Å². The smallest absolute Gasteiger partial charge is 0.240 e. The predicted molar refractivity (Wildman–Crippen MR) is 44.2 cm³/mol. The van der Waals surface area contributed by atoms with Crippen LogP contribution in [0.5, 0.6) is 0 Å². The van der Waals surface area contributed by atoms with Crippen molar-refractivity contribution in [2.45, 2.75) is 26.3 Å². The minimum atomic E-state index is -0.393. The van der Waals surface area contributed by atoms with Crippen LogP contribution in [0.25, 0.3) is 0 Å². The molecule has 1 unspecified atom stereocenters. The number of primary amides is 1. The molecule has 0 aromatic heterocycles. The zero-order chi connectivity index (χ0) is 9.30. The Morgan fingerprint density at radius 3 is 2.33 bits per heavy atom. The molecule has 4 heteroatoms. The summed E-state index contributed by atoms with van der Waals surface area (Å²) in [6, 6.07) is -0.347. The first-order chi connectivity index (χ1) is 5.54. The molecule has 0 aromatic rings. The van der Waals surface area contributed by atoms with Crippen molar-refractivity contribution < 1.29 is 9.59 Å². The second kappa shape index (κ2) is 3.13. The Labute approximate surface area is 71.7 Å². The van der Waals surface area contributed by atoms with Crippen molar-refractivity contribution in [3.63, 3.8) is 0 Å². The fraction of sp³-hybridized carbons (Fsp3) is 0.750. The molecule has 1 aliphatic heterocycles. The SMILES string of the molecule is CC(C)C(=O)N1CCC1C(N)=O. The summed E-state index contributed by atoms with van der Waals surface area (Å²) in [6.45, 7) is 4.31. The number of carbonyl (C=O) groups is 2. The van der Waals surface area contributed by atoms with E-state index in [2.05, 4.69) is 0 Å². The average molecular weight is 170 g/mol. The third-order valence-corrected chi connectivity index (χ3v) is 2.13. The zero-order valence-corrected chi connectivity index (χ0v) is 7.41. The molecule has 0 spiro atoms. The summed E-state index contributed by atoms with van der Waals surface area (Å²) in [5.74, 6) is -0.424. The third kappa shape index (κ3) is 1.42. The molecule has 2 amide bonds. The van der Waals surface area contributed by atoms with Crippen LogP contribution in [0, 0.1) is 5.92 Å². The highest BCUT2D eigenvalue weighted by molar-refractivity contribution is 5.88. The normalized spacial score (nSPS) is 22.2. The maximum atomic E-state index is 11.4. The van der Waals surface area contributed by atoms with Gasteiger partial charge in [-0.05, 0) is 6.42 Å². The van der Waals surface area contributed by atoms with Gasteiger partial charge in [0, 0.05) is 12.5 Å². The van der Waals surface area contributed by atoms with Crippen molar-refractivity contribution in [3.05, 3.63) is 0 Å². The fourth-order valence-corrected chi connectivity index (χ4v) is 1.28. The van der Waals surface area contributed by atoms with Gasteiger partial charge < -0.3 is 10.6 Å². The molecular formula is C8H14N2O2. The summed E-state index contributed by atoms with van der Waals surface area (Å²) in [5.41, 5.74) is 5.09. The number of carbonyl (C=O) groups excluding carboxylic acids is 2. The Morgan fingerprint density at radius 1 is 1.50 bits per heavy atom. The van der Waals surface area contributed by atoms with E-state index in [1.54, 1.807) is 4.90 Å². The maximum Gasteiger partial charge on any atom is 0.240 e. The molecule has 1 heterocycles. The van der Waals surface area contributed by atoms with Crippen LogP contribution in [0.15, 0.2) is 0 Å². The van der Waals surface area contributed by atoms with Crippen molar-refractivity contribution in [1.82, 2.24) is 4.90 Å². The van der Waals surface area contributed by atoms with Crippen molar-refractivity contribution in [2.75, 3.05) is 6.54 Å². The number of nitrogens with zero attached hydrogens (tertiary/aromatic N) is 1. The van der Waals surface area contributed by atoms with Gasteiger partial charge in [-0.1, -0.05) is 13.8 Å². The summed E-state index contributed by atoms with van der Waals surface area (Å²) in [7, 11) is 0. The molecule has 0 aliphatic carbocycles. The lowest BCUT2D eigenvalue weighted by Gasteiger charge is -2.39. The van der Waals surface area contributed by atoms with Gasteiger partial charge in [-0.2, -0.15) is 0 Å². The third-order valence-electron chi connectivity index (χ3n) is 2.13. The molecule has 0 bridgehead atoms. The zero-order valence-electron chi connectivity index (χ0n) is 7.41. The molecule has 1 fully saturated rings. The van der Waals surface area contributed by atoms with Gasteiger partial charge >= 0.3 is 0 Å². The van der Waals surface area contributed by atoms with E-state index in [1.165, 1.54) is 0 Å². The van der Waals surface area contributed by atoms with Crippen LogP contribution in [0.4, 0.5) is 0 Å². The topological polar surface area (TPSA) is 63.4 Å². The molecule has 1 saturated heterocycles. The largest absolute Gasteiger partial charge is 0.368 e. The standard InChI is InChI=1S/C8H14N2O2/c1-5(2)8(12)10-4-3-6(10)7(9)11/h5-6H,3-4H2,1-2H3,(H2,9,11). The lowest BCUT2D eigenvalue weighted by Crippen LogP contribution is -2.58. The first-order valence-electron chi connectivity index (χ1n) is 4.14. The molecule has 1 rings (SSSR count). The van der Waals surface area contributed by atoms with Crippen LogP contribution in [0.2, 0.25) is 0 Å². The average Bonchev–Trinajstić information content (AvgIpc) is 1.82. The van der Waals surface area contributed by atoms with Gasteiger partial charge in [0.2, 0.25) is 11.8 Å². The van der Waals surface area contributed by atoms with Crippen molar-refractivity contribution in [1.29, 1.82) is 0 Å². The van der Waals surface area contributed by atoms with Crippen molar-refractivity contribution in [3.8, 4) is 0 Å². The summed E-state index contributed by atoms with van der Waals surface area (Å²) >= 11 is 0. The first kappa shape index (κ1) is 9.03. The minimum absolute atomic E-state index is 0.0186. The van der Waals surface area contributed by atoms with Crippen LogP contribution in [-0.4, -0.2) is 29.3 Å². The number of nitrogens with two attached hydrogens (primary N) is 1. The van der Waals surface area contributed by atoms with Gasteiger partial charge in [0.15, 0.2) is 0 Å². The van der Waals surface area contributed by atoms with Gasteiger partial charge in [-0.3, -0.25) is 9.59 Å². The highest BCUT2D eigenvalue weighted by Crippen LogP contribution is 2.19. The molecule has 12 heavy (non-hydrogen) atoms. The number of rotatable bonds is 2. The molecule has 0 saturated carbocycles. The van der Waals surface area contributed by atoms with Gasteiger partial charge in [-0.25, -0.2) is 0 Å². The second-order valence-corrected chi connectivity index (χ2v) is 3.39. The molecule has 0 radical (unpaired) electrons. The van der Waals surface area contributed by atoms with Crippen LogP contribution in [0.1, 0.15) is 20.3 Å². The van der Waals surface area contributed by atoms with E-state index in [4.69, 9.17) is 5.73 Å². The lowest BCUT2D eigenvalue weighted by molar-refractivity contribution is -0.148. The van der Waals surface area contributed by atoms with Gasteiger partial charge in [-0.15, -0.1) is 0 Å². The summed E-state index contributed by atoms with van der Waals surface area (Å²) < 4.78 is 0. The van der Waals surface area contributed by atoms with E-state index in [0.29, 0.717) is 13.0 Å². The highest BCUT2D eigenvalue weighted by atomic mass is 16.2. The van der Waals surface area contributed by atoms with E-state index in [9.17, 15) is 9.59 Å². The Balaban J connectivity index is 2.55. The van der Waals surface area contributed by atoms with E-state index in [1.807, 2.05) is 13.8 Å². The second-order valence-electron chi connectivity index (χ2n) is 3.39. The van der Waals surface area contributed by atoms with E-state index >= 15 is 0 Å². The molecule has 0 aromatic carbocycles. The van der Waals surface area contributed by atoms with E-state index in [-0.39, 0.29) is 17.9 Å². The monoisotopic (exact) mass is 170 g/mol. The summed E-state index contributed by atoms with van der Waals surface area (Å²) in [6.07, 6.45) is 0.716. The van der Waals surface area contributed by atoms with E-state index < -0.39 is 5.91 Å². The molecule has 4 nitrogen and oxygen atoms in total. The summed E-state index contributed by atoms with van der Waals surface area (Å²) in [5, 5.41) is 0. The molecule has 68 valence electrons. The minimum Gasteiger partial charge on any atom is -0.368 e. The van der Waals surface area contributed by atoms with Crippen LogP contribution < -0.4 is 5.73 Å². The molecule has 1 aliphatic rings.